The standard InChI is InChI=1S/C17H20N4/c1-11-16(12-6-4-5-7-15(12)21(11)3)17-13-10-20(2)9-8-14(13)18-19-17/h4-7H,8-10H2,1-3H3,(H,18,19). The number of aromatic amines is 1. The molecule has 2 aromatic heterocycles. The highest BCUT2D eigenvalue weighted by Crippen LogP contribution is 2.36. The number of fused-ring (bicyclic) bond motifs is 2. The summed E-state index contributed by atoms with van der Waals surface area (Å²) < 4.78 is 2.26. The number of aryl methyl sites for hydroxylation is 1. The summed E-state index contributed by atoms with van der Waals surface area (Å²) in [7, 11) is 4.31. The minimum atomic E-state index is 0.976. The lowest BCUT2D eigenvalue weighted by Crippen LogP contribution is -2.26. The van der Waals surface area contributed by atoms with E-state index >= 15 is 0 Å². The summed E-state index contributed by atoms with van der Waals surface area (Å²) in [5.74, 6) is 0. The number of aromatic nitrogens is 3. The Bertz CT molecular complexity index is 825. The van der Waals surface area contributed by atoms with Gasteiger partial charge in [-0.05, 0) is 20.0 Å². The fourth-order valence-corrected chi connectivity index (χ4v) is 3.46. The summed E-state index contributed by atoms with van der Waals surface area (Å²) in [6, 6.07) is 8.58. The summed E-state index contributed by atoms with van der Waals surface area (Å²) in [6.07, 6.45) is 1.06. The van der Waals surface area contributed by atoms with Crippen molar-refractivity contribution < 1.29 is 0 Å². The molecule has 3 heterocycles. The molecule has 0 spiro atoms. The second-order valence-corrected chi connectivity index (χ2v) is 6.05. The second kappa shape index (κ2) is 4.46. The first-order valence-corrected chi connectivity index (χ1v) is 7.46. The molecule has 108 valence electrons. The van der Waals surface area contributed by atoms with E-state index in [0.29, 0.717) is 0 Å². The van der Waals surface area contributed by atoms with Crippen molar-refractivity contribution >= 4 is 10.9 Å². The smallest absolute Gasteiger partial charge is 0.0992 e. The van der Waals surface area contributed by atoms with Crippen LogP contribution in [0.4, 0.5) is 0 Å². The number of hydrogen-bond acceptors (Lipinski definition) is 2. The number of para-hydroxylation sites is 1. The van der Waals surface area contributed by atoms with E-state index in [4.69, 9.17) is 0 Å². The third-order valence-corrected chi connectivity index (χ3v) is 4.76. The van der Waals surface area contributed by atoms with Crippen molar-refractivity contribution in [3.63, 3.8) is 0 Å². The lowest BCUT2D eigenvalue weighted by Gasteiger charge is -2.22. The Morgan fingerprint density at radius 3 is 2.86 bits per heavy atom. The highest BCUT2D eigenvalue weighted by atomic mass is 15.2. The van der Waals surface area contributed by atoms with E-state index < -0.39 is 0 Å². The van der Waals surface area contributed by atoms with Crippen LogP contribution in [0, 0.1) is 6.92 Å². The summed E-state index contributed by atoms with van der Waals surface area (Å²) in [5, 5.41) is 9.21. The minimum Gasteiger partial charge on any atom is -0.347 e. The van der Waals surface area contributed by atoms with Crippen LogP contribution in [0.15, 0.2) is 24.3 Å². The Morgan fingerprint density at radius 1 is 1.19 bits per heavy atom. The molecule has 0 saturated heterocycles. The van der Waals surface area contributed by atoms with E-state index in [1.807, 2.05) is 0 Å². The summed E-state index contributed by atoms with van der Waals surface area (Å²) in [4.78, 5) is 2.36. The molecular weight excluding hydrogens is 260 g/mol. The Morgan fingerprint density at radius 2 is 2.00 bits per heavy atom. The molecule has 0 bridgehead atoms. The first-order chi connectivity index (χ1) is 10.2. The second-order valence-electron chi connectivity index (χ2n) is 6.05. The van der Waals surface area contributed by atoms with E-state index in [-0.39, 0.29) is 0 Å². The summed E-state index contributed by atoms with van der Waals surface area (Å²) >= 11 is 0. The van der Waals surface area contributed by atoms with Crippen molar-refractivity contribution in [1.29, 1.82) is 0 Å². The Balaban J connectivity index is 2.00. The Kier molecular flexibility index (Phi) is 2.69. The topological polar surface area (TPSA) is 36.9 Å². The van der Waals surface area contributed by atoms with Gasteiger partial charge in [0.05, 0.1) is 5.69 Å². The molecule has 0 radical (unpaired) electrons. The van der Waals surface area contributed by atoms with Crippen LogP contribution < -0.4 is 0 Å². The van der Waals surface area contributed by atoms with Crippen LogP contribution in [0.2, 0.25) is 0 Å². The van der Waals surface area contributed by atoms with Gasteiger partial charge in [0.2, 0.25) is 0 Å². The number of benzene rings is 1. The molecule has 1 aliphatic heterocycles. The average Bonchev–Trinajstić information content (AvgIpc) is 3.00. The van der Waals surface area contributed by atoms with Crippen molar-refractivity contribution in [1.82, 2.24) is 19.7 Å². The SMILES string of the molecule is Cc1c(-c2n[nH]c3c2CN(C)CC3)c2ccccc2n1C. The number of nitrogens with one attached hydrogen (secondary N) is 1. The molecular formula is C17H20N4. The zero-order valence-corrected chi connectivity index (χ0v) is 12.8. The van der Waals surface area contributed by atoms with Gasteiger partial charge in [0.15, 0.2) is 0 Å². The first kappa shape index (κ1) is 12.7. The maximum absolute atomic E-state index is 4.66. The van der Waals surface area contributed by atoms with Crippen LogP contribution in [0.1, 0.15) is 17.0 Å². The van der Waals surface area contributed by atoms with Gasteiger partial charge in [-0.2, -0.15) is 5.10 Å². The van der Waals surface area contributed by atoms with Crippen LogP contribution in [-0.4, -0.2) is 33.3 Å². The lowest BCUT2D eigenvalue weighted by atomic mass is 9.99. The van der Waals surface area contributed by atoms with Gasteiger partial charge in [-0.15, -0.1) is 0 Å². The molecule has 1 aromatic carbocycles. The van der Waals surface area contributed by atoms with Crippen LogP contribution in [0.25, 0.3) is 22.2 Å². The molecule has 0 aliphatic carbocycles. The quantitative estimate of drug-likeness (QED) is 0.744. The highest BCUT2D eigenvalue weighted by Gasteiger charge is 2.24. The molecule has 0 unspecified atom stereocenters. The number of hydrogen-bond donors (Lipinski definition) is 1. The van der Waals surface area contributed by atoms with Gasteiger partial charge in [0, 0.05) is 60.0 Å². The van der Waals surface area contributed by atoms with E-state index in [0.717, 1.165) is 25.2 Å². The van der Waals surface area contributed by atoms with Crippen LogP contribution in [-0.2, 0) is 20.0 Å². The van der Waals surface area contributed by atoms with Crippen LogP contribution in [0.5, 0.6) is 0 Å². The van der Waals surface area contributed by atoms with Gasteiger partial charge in [0.25, 0.3) is 0 Å². The zero-order valence-electron chi connectivity index (χ0n) is 12.8. The predicted molar refractivity (Wildman–Crippen MR) is 85.3 cm³/mol. The predicted octanol–water partition coefficient (Wildman–Crippen LogP) is 2.86. The molecule has 4 rings (SSSR count). The van der Waals surface area contributed by atoms with Crippen molar-refractivity contribution in [2.45, 2.75) is 19.9 Å². The van der Waals surface area contributed by atoms with E-state index in [9.17, 15) is 0 Å². The number of H-pyrrole nitrogens is 1. The van der Waals surface area contributed by atoms with Gasteiger partial charge >= 0.3 is 0 Å². The third kappa shape index (κ3) is 1.75. The molecule has 4 nitrogen and oxygen atoms in total. The average molecular weight is 280 g/mol. The molecule has 0 fully saturated rings. The number of rotatable bonds is 1. The van der Waals surface area contributed by atoms with Gasteiger partial charge in [-0.1, -0.05) is 18.2 Å². The normalized spacial score (nSPS) is 15.6. The van der Waals surface area contributed by atoms with Crippen molar-refractivity contribution in [3.8, 4) is 11.3 Å². The molecule has 21 heavy (non-hydrogen) atoms. The van der Waals surface area contributed by atoms with E-state index in [2.05, 4.69) is 64.9 Å². The summed E-state index contributed by atoms with van der Waals surface area (Å²) in [5.41, 5.74) is 7.62. The molecule has 0 atom stereocenters. The monoisotopic (exact) mass is 280 g/mol. The molecule has 1 aliphatic rings. The molecule has 1 N–H and O–H groups in total. The summed E-state index contributed by atoms with van der Waals surface area (Å²) in [6.45, 7) is 4.26. The first-order valence-electron chi connectivity index (χ1n) is 7.46. The van der Waals surface area contributed by atoms with Gasteiger partial charge in [-0.3, -0.25) is 5.10 Å². The number of nitrogens with zero attached hydrogens (tertiary/aromatic N) is 3. The van der Waals surface area contributed by atoms with E-state index in [1.54, 1.807) is 0 Å². The Hall–Kier alpha value is -2.07. The molecule has 4 heteroatoms. The van der Waals surface area contributed by atoms with Crippen molar-refractivity contribution in [3.05, 3.63) is 41.2 Å². The van der Waals surface area contributed by atoms with Crippen molar-refractivity contribution in [2.24, 2.45) is 7.05 Å². The highest BCUT2D eigenvalue weighted by molar-refractivity contribution is 5.97. The van der Waals surface area contributed by atoms with Gasteiger partial charge in [-0.25, -0.2) is 0 Å². The zero-order chi connectivity index (χ0) is 14.6. The molecule has 0 amide bonds. The Labute approximate surface area is 124 Å². The largest absolute Gasteiger partial charge is 0.347 e. The maximum atomic E-state index is 4.66. The third-order valence-electron chi connectivity index (χ3n) is 4.76. The molecule has 0 saturated carbocycles. The van der Waals surface area contributed by atoms with Gasteiger partial charge in [0.1, 0.15) is 0 Å². The fourth-order valence-electron chi connectivity index (χ4n) is 3.46. The van der Waals surface area contributed by atoms with E-state index in [1.165, 1.54) is 33.4 Å². The van der Waals surface area contributed by atoms with Crippen molar-refractivity contribution in [2.75, 3.05) is 13.6 Å². The number of likely N-dealkylation sites (N-methyl/N-ethyl adjacent to an activating group) is 1. The van der Waals surface area contributed by atoms with Crippen LogP contribution >= 0.6 is 0 Å². The maximum Gasteiger partial charge on any atom is 0.0992 e. The minimum absolute atomic E-state index is 0.976. The van der Waals surface area contributed by atoms with Gasteiger partial charge < -0.3 is 9.47 Å². The van der Waals surface area contributed by atoms with Crippen LogP contribution in [0.3, 0.4) is 0 Å². The molecule has 3 aromatic rings. The lowest BCUT2D eigenvalue weighted by molar-refractivity contribution is 0.312. The fraction of sp³-hybridized carbons (Fsp3) is 0.353.